The molecule has 3 rings (SSSR count). The van der Waals surface area contributed by atoms with E-state index in [1.54, 1.807) is 19.1 Å². The minimum Gasteiger partial charge on any atom is -0.452 e. The normalized spacial score (nSPS) is 16.5. The molecule has 0 saturated heterocycles. The standard InChI is InChI=1S/C22H25N3O6S2/c1-13-9-10-15(33(29,30)25(3)4)11-17(13)24-21(27)14(2)31-20(26)12-19-22(28)23-16-7-5-6-8-18(16)32-19/h5-11,14,19H,12H2,1-4H3,(H,23,28)(H,24,27). The van der Waals surface area contributed by atoms with Gasteiger partial charge in [-0.3, -0.25) is 14.4 Å². The first kappa shape index (κ1) is 24.7. The molecule has 1 aliphatic heterocycles. The molecule has 2 atom stereocenters. The van der Waals surface area contributed by atoms with Crippen LogP contribution in [0.1, 0.15) is 18.9 Å². The van der Waals surface area contributed by atoms with Crippen molar-refractivity contribution >= 4 is 50.9 Å². The number of ether oxygens (including phenoxy) is 1. The quantitative estimate of drug-likeness (QED) is 0.571. The smallest absolute Gasteiger partial charge is 0.308 e. The van der Waals surface area contributed by atoms with Gasteiger partial charge in [0, 0.05) is 24.7 Å². The summed E-state index contributed by atoms with van der Waals surface area (Å²) >= 11 is 1.27. The predicted molar refractivity (Wildman–Crippen MR) is 126 cm³/mol. The third-order valence-electron chi connectivity index (χ3n) is 4.98. The summed E-state index contributed by atoms with van der Waals surface area (Å²) in [5.41, 5.74) is 1.64. The Morgan fingerprint density at radius 1 is 1.21 bits per heavy atom. The molecule has 176 valence electrons. The van der Waals surface area contributed by atoms with Crippen LogP contribution in [0.2, 0.25) is 0 Å². The molecule has 1 aliphatic rings. The van der Waals surface area contributed by atoms with E-state index in [9.17, 15) is 22.8 Å². The van der Waals surface area contributed by atoms with Crippen molar-refractivity contribution in [1.29, 1.82) is 0 Å². The van der Waals surface area contributed by atoms with Crippen LogP contribution < -0.4 is 10.6 Å². The zero-order chi connectivity index (χ0) is 24.3. The highest BCUT2D eigenvalue weighted by molar-refractivity contribution is 8.01. The van der Waals surface area contributed by atoms with E-state index < -0.39 is 33.3 Å². The Morgan fingerprint density at radius 3 is 2.61 bits per heavy atom. The molecule has 2 amide bonds. The summed E-state index contributed by atoms with van der Waals surface area (Å²) in [6, 6.07) is 11.7. The van der Waals surface area contributed by atoms with Gasteiger partial charge in [0.15, 0.2) is 6.10 Å². The van der Waals surface area contributed by atoms with E-state index in [4.69, 9.17) is 4.74 Å². The van der Waals surface area contributed by atoms with Gasteiger partial charge in [-0.1, -0.05) is 18.2 Å². The van der Waals surface area contributed by atoms with Crippen LogP contribution in [0.3, 0.4) is 0 Å². The Kier molecular flexibility index (Phi) is 7.45. The number of carbonyl (C=O) groups excluding carboxylic acids is 3. The van der Waals surface area contributed by atoms with Crippen LogP contribution in [0, 0.1) is 6.92 Å². The number of fused-ring (bicyclic) bond motifs is 1. The number of hydrogen-bond donors (Lipinski definition) is 2. The Labute approximate surface area is 196 Å². The van der Waals surface area contributed by atoms with Crippen molar-refractivity contribution in [3.05, 3.63) is 48.0 Å². The number of para-hydroxylation sites is 1. The van der Waals surface area contributed by atoms with Gasteiger partial charge in [0.05, 0.1) is 22.3 Å². The number of rotatable bonds is 7. The molecule has 1 heterocycles. The first-order valence-corrected chi connectivity index (χ1v) is 12.4. The van der Waals surface area contributed by atoms with Gasteiger partial charge in [0.2, 0.25) is 15.9 Å². The minimum absolute atomic E-state index is 0.0265. The summed E-state index contributed by atoms with van der Waals surface area (Å²) in [6.45, 7) is 3.13. The lowest BCUT2D eigenvalue weighted by molar-refractivity contribution is -0.153. The predicted octanol–water partition coefficient (Wildman–Crippen LogP) is 2.62. The van der Waals surface area contributed by atoms with E-state index in [1.165, 1.54) is 44.9 Å². The number of nitrogens with one attached hydrogen (secondary N) is 2. The lowest BCUT2D eigenvalue weighted by Gasteiger charge is -2.23. The van der Waals surface area contributed by atoms with Gasteiger partial charge in [0.1, 0.15) is 0 Å². The van der Waals surface area contributed by atoms with E-state index in [0.29, 0.717) is 16.9 Å². The number of nitrogens with zero attached hydrogens (tertiary/aromatic N) is 1. The van der Waals surface area contributed by atoms with Crippen LogP contribution >= 0.6 is 11.8 Å². The number of aryl methyl sites for hydroxylation is 1. The van der Waals surface area contributed by atoms with Crippen LogP contribution in [0.5, 0.6) is 0 Å². The fourth-order valence-corrected chi connectivity index (χ4v) is 5.04. The lowest BCUT2D eigenvalue weighted by Crippen LogP contribution is -2.34. The van der Waals surface area contributed by atoms with Crippen molar-refractivity contribution in [1.82, 2.24) is 4.31 Å². The fraction of sp³-hybridized carbons (Fsp3) is 0.318. The van der Waals surface area contributed by atoms with E-state index in [2.05, 4.69) is 10.6 Å². The van der Waals surface area contributed by atoms with Gasteiger partial charge in [-0.15, -0.1) is 11.8 Å². The van der Waals surface area contributed by atoms with E-state index in [1.807, 2.05) is 18.2 Å². The number of anilines is 2. The summed E-state index contributed by atoms with van der Waals surface area (Å²) in [4.78, 5) is 38.1. The molecule has 0 radical (unpaired) electrons. The average Bonchev–Trinajstić information content (AvgIpc) is 2.75. The molecule has 11 heteroatoms. The van der Waals surface area contributed by atoms with Crippen molar-refractivity contribution in [3.63, 3.8) is 0 Å². The molecule has 9 nitrogen and oxygen atoms in total. The highest BCUT2D eigenvalue weighted by atomic mass is 32.2. The fourth-order valence-electron chi connectivity index (χ4n) is 3.02. The molecule has 0 bridgehead atoms. The SMILES string of the molecule is Cc1ccc(S(=O)(=O)N(C)C)cc1NC(=O)C(C)OC(=O)CC1Sc2ccccc2NC1=O. The lowest BCUT2D eigenvalue weighted by atomic mass is 10.2. The van der Waals surface area contributed by atoms with E-state index >= 15 is 0 Å². The summed E-state index contributed by atoms with van der Waals surface area (Å²) in [6.07, 6.45) is -1.34. The minimum atomic E-state index is -3.68. The van der Waals surface area contributed by atoms with Gasteiger partial charge in [0.25, 0.3) is 5.91 Å². The Hall–Kier alpha value is -2.89. The van der Waals surface area contributed by atoms with Crippen molar-refractivity contribution in [2.75, 3.05) is 24.7 Å². The van der Waals surface area contributed by atoms with Crippen LogP contribution in [-0.2, 0) is 29.1 Å². The first-order valence-electron chi connectivity index (χ1n) is 10.1. The zero-order valence-electron chi connectivity index (χ0n) is 18.6. The summed E-state index contributed by atoms with van der Waals surface area (Å²) in [5.74, 6) is -1.61. The molecule has 2 N–H and O–H groups in total. The molecule has 2 unspecified atom stereocenters. The number of esters is 1. The summed E-state index contributed by atoms with van der Waals surface area (Å²) in [5, 5.41) is 4.70. The van der Waals surface area contributed by atoms with Gasteiger partial charge in [-0.25, -0.2) is 12.7 Å². The highest BCUT2D eigenvalue weighted by Gasteiger charge is 2.30. The number of thioether (sulfide) groups is 1. The molecule has 0 aromatic heterocycles. The Morgan fingerprint density at radius 2 is 1.91 bits per heavy atom. The maximum Gasteiger partial charge on any atom is 0.308 e. The molecule has 0 spiro atoms. The molecular formula is C22H25N3O6S2. The Balaban J connectivity index is 1.62. The number of hydrogen-bond acceptors (Lipinski definition) is 7. The molecule has 0 saturated carbocycles. The van der Waals surface area contributed by atoms with Crippen LogP contribution in [0.4, 0.5) is 11.4 Å². The van der Waals surface area contributed by atoms with Crippen LogP contribution in [0.25, 0.3) is 0 Å². The topological polar surface area (TPSA) is 122 Å². The molecule has 0 fully saturated rings. The van der Waals surface area contributed by atoms with Crippen LogP contribution in [-0.4, -0.2) is 56.0 Å². The Bertz CT molecular complexity index is 1200. The third kappa shape index (κ3) is 5.73. The number of sulfonamides is 1. The van der Waals surface area contributed by atoms with Crippen molar-refractivity contribution < 1.29 is 27.5 Å². The molecule has 0 aliphatic carbocycles. The third-order valence-corrected chi connectivity index (χ3v) is 8.07. The zero-order valence-corrected chi connectivity index (χ0v) is 20.2. The number of benzene rings is 2. The van der Waals surface area contributed by atoms with Gasteiger partial charge < -0.3 is 15.4 Å². The first-order chi connectivity index (χ1) is 15.5. The van der Waals surface area contributed by atoms with Gasteiger partial charge >= 0.3 is 5.97 Å². The summed E-state index contributed by atoms with van der Waals surface area (Å²) < 4.78 is 31.0. The monoisotopic (exact) mass is 491 g/mol. The summed E-state index contributed by atoms with van der Waals surface area (Å²) in [7, 11) is -0.847. The largest absolute Gasteiger partial charge is 0.452 e. The van der Waals surface area contributed by atoms with E-state index in [0.717, 1.165) is 9.20 Å². The van der Waals surface area contributed by atoms with Crippen molar-refractivity contribution in [3.8, 4) is 0 Å². The average molecular weight is 492 g/mol. The highest BCUT2D eigenvalue weighted by Crippen LogP contribution is 2.36. The second-order valence-corrected chi connectivity index (χ2v) is 11.1. The second kappa shape index (κ2) is 9.94. The van der Waals surface area contributed by atoms with Crippen molar-refractivity contribution in [2.24, 2.45) is 0 Å². The number of carbonyl (C=O) groups is 3. The molecule has 2 aromatic rings. The second-order valence-electron chi connectivity index (χ2n) is 7.68. The number of amides is 2. The van der Waals surface area contributed by atoms with Gasteiger partial charge in [-0.05, 0) is 43.7 Å². The molecular weight excluding hydrogens is 466 g/mol. The van der Waals surface area contributed by atoms with E-state index in [-0.39, 0.29) is 17.2 Å². The molecule has 33 heavy (non-hydrogen) atoms. The van der Waals surface area contributed by atoms with Gasteiger partial charge in [-0.2, -0.15) is 0 Å². The van der Waals surface area contributed by atoms with Crippen LogP contribution in [0.15, 0.2) is 52.3 Å². The van der Waals surface area contributed by atoms with Crippen molar-refractivity contribution in [2.45, 2.75) is 41.4 Å². The maximum absolute atomic E-state index is 12.6. The maximum atomic E-state index is 12.6. The molecule has 2 aromatic carbocycles.